The van der Waals surface area contributed by atoms with Crippen LogP contribution in [-0.4, -0.2) is 6.61 Å². The van der Waals surface area contributed by atoms with Gasteiger partial charge in [0.05, 0.1) is 0 Å². The molecule has 0 saturated carbocycles. The number of rotatable bonds is 3. The maximum atomic E-state index is 4.47. The second kappa shape index (κ2) is 5.47. The van der Waals surface area contributed by atoms with E-state index in [0.717, 1.165) is 13.0 Å². The molecule has 0 N–H and O–H groups in total. The Labute approximate surface area is 47.0 Å². The predicted octanol–water partition coefficient (Wildman–Crippen LogP) is 1.26. The van der Waals surface area contributed by atoms with E-state index in [0.29, 0.717) is 0 Å². The molecule has 0 aromatic heterocycles. The molecule has 0 fully saturated rings. The first-order chi connectivity index (χ1) is 2.91. The second-order valence-corrected chi connectivity index (χ2v) is 1.45. The molecule has 0 aliphatic rings. The van der Waals surface area contributed by atoms with Gasteiger partial charge in [-0.1, -0.05) is 0 Å². The van der Waals surface area contributed by atoms with Crippen molar-refractivity contribution in [1.82, 2.24) is 0 Å². The molecule has 0 radical (unpaired) electrons. The van der Waals surface area contributed by atoms with E-state index in [1.807, 2.05) is 0 Å². The average Bonchev–Trinajstić information content (AvgIpc) is 1.61. The normalized spacial score (nSPS) is 9.17. The van der Waals surface area contributed by atoms with Gasteiger partial charge in [0.1, 0.15) is 0 Å². The molecule has 0 atom stereocenters. The van der Waals surface area contributed by atoms with Crippen molar-refractivity contribution in [2.24, 2.45) is 0 Å². The van der Waals surface area contributed by atoms with Crippen LogP contribution in [0.1, 0.15) is 19.8 Å². The van der Waals surface area contributed by atoms with Gasteiger partial charge in [0.2, 0.25) is 0 Å². The van der Waals surface area contributed by atoms with Crippen molar-refractivity contribution >= 4 is 0 Å². The van der Waals surface area contributed by atoms with Gasteiger partial charge in [0.25, 0.3) is 0 Å². The van der Waals surface area contributed by atoms with Gasteiger partial charge in [0.15, 0.2) is 0 Å². The van der Waals surface area contributed by atoms with Crippen LogP contribution in [0.5, 0.6) is 0 Å². The quantitative estimate of drug-likeness (QED) is 0.525. The van der Waals surface area contributed by atoms with Crippen molar-refractivity contribution in [1.29, 1.82) is 0 Å². The zero-order valence-corrected chi connectivity index (χ0v) is 4.90. The maximum absolute atomic E-state index is 4.47. The molecule has 6 heavy (non-hydrogen) atoms. The Hall–Kier alpha value is 0.466. The van der Waals surface area contributed by atoms with Crippen LogP contribution >= 0.6 is 0 Å². The zero-order chi connectivity index (χ0) is 4.83. The summed E-state index contributed by atoms with van der Waals surface area (Å²) in [6, 6.07) is 0. The van der Waals surface area contributed by atoms with E-state index in [9.17, 15) is 0 Å². The van der Waals surface area contributed by atoms with Crippen molar-refractivity contribution in [3.8, 4) is 0 Å². The van der Waals surface area contributed by atoms with Gasteiger partial charge in [-0.3, -0.25) is 0 Å². The van der Waals surface area contributed by atoms with Crippen LogP contribution in [0.25, 0.3) is 0 Å². The van der Waals surface area contributed by atoms with E-state index in [1.54, 1.807) is 0 Å². The summed E-state index contributed by atoms with van der Waals surface area (Å²) >= 11 is 3.60. The van der Waals surface area contributed by atoms with Crippen molar-refractivity contribution in [2.75, 3.05) is 6.61 Å². The predicted molar refractivity (Wildman–Crippen MR) is 20.9 cm³/mol. The fourth-order valence-electron chi connectivity index (χ4n) is 0.192. The third kappa shape index (κ3) is 4.47. The average molecular weight is 132 g/mol. The molecule has 2 heteroatoms. The Morgan fingerprint density at radius 2 is 2.33 bits per heavy atom. The molecule has 40 valence electrons. The van der Waals surface area contributed by atoms with Crippen molar-refractivity contribution in [2.45, 2.75) is 19.8 Å². The van der Waals surface area contributed by atoms with E-state index >= 15 is 0 Å². The monoisotopic (exact) mass is 132 g/mol. The van der Waals surface area contributed by atoms with Crippen LogP contribution in [0.3, 0.4) is 0 Å². The van der Waals surface area contributed by atoms with Crippen LogP contribution in [0, 0.1) is 0 Å². The topological polar surface area (TPSA) is 9.23 Å². The van der Waals surface area contributed by atoms with Gasteiger partial charge < -0.3 is 0 Å². The summed E-state index contributed by atoms with van der Waals surface area (Å²) in [7, 11) is 0. The number of hydrogen-bond donors (Lipinski definition) is 0. The molecule has 0 spiro atoms. The summed E-state index contributed by atoms with van der Waals surface area (Å²) in [4.78, 5) is 0. The van der Waals surface area contributed by atoms with E-state index < -0.39 is 0 Å². The van der Waals surface area contributed by atoms with Gasteiger partial charge in [-0.2, -0.15) is 0 Å². The Morgan fingerprint density at radius 3 is 2.50 bits per heavy atom. The first-order valence-electron chi connectivity index (χ1n) is 2.13. The molecule has 0 heterocycles. The molecule has 0 aromatic rings. The molecule has 1 nitrogen and oxygen atoms in total. The fraction of sp³-hybridized carbons (Fsp3) is 1.00. The second-order valence-electron chi connectivity index (χ2n) is 1.15. The molecule has 0 bridgehead atoms. The summed E-state index contributed by atoms with van der Waals surface area (Å²) in [6.45, 7) is 2.89. The zero-order valence-electron chi connectivity index (χ0n) is 3.86. The van der Waals surface area contributed by atoms with E-state index in [1.165, 1.54) is 6.42 Å². The van der Waals surface area contributed by atoms with E-state index in [2.05, 4.69) is 26.8 Å². The van der Waals surface area contributed by atoms with Gasteiger partial charge >= 0.3 is 46.3 Å². The first kappa shape index (κ1) is 6.47. The van der Waals surface area contributed by atoms with Crippen molar-refractivity contribution in [3.05, 3.63) is 0 Å². The third-order valence-electron chi connectivity index (χ3n) is 0.566. The molecular formula is C4H9CoO. The SMILES string of the molecule is CCCC[O][Co]. The molecule has 0 aromatic carbocycles. The minimum atomic E-state index is 0.774. The van der Waals surface area contributed by atoms with Crippen LogP contribution in [0.2, 0.25) is 0 Å². The standard InChI is InChI=1S/C4H9O.Co/c1-2-3-4-5;/h2-4H2,1H3;/q-1;+1. The summed E-state index contributed by atoms with van der Waals surface area (Å²) in [5, 5.41) is 0. The first-order valence-corrected chi connectivity index (χ1v) is 2.56. The molecule has 0 saturated heterocycles. The Morgan fingerprint density at radius 1 is 1.67 bits per heavy atom. The minimum absolute atomic E-state index is 0.774. The molecule has 0 amide bonds. The molecule has 0 aliphatic carbocycles. The van der Waals surface area contributed by atoms with Gasteiger partial charge in [-0.05, 0) is 0 Å². The molecular weight excluding hydrogens is 123 g/mol. The van der Waals surface area contributed by atoms with Gasteiger partial charge in [-0.25, -0.2) is 0 Å². The van der Waals surface area contributed by atoms with Crippen LogP contribution in [0.15, 0.2) is 0 Å². The van der Waals surface area contributed by atoms with Crippen LogP contribution in [-0.2, 0) is 19.9 Å². The molecule has 0 aliphatic heterocycles. The molecule has 0 rings (SSSR count). The summed E-state index contributed by atoms with van der Waals surface area (Å²) in [5.74, 6) is 0. The summed E-state index contributed by atoms with van der Waals surface area (Å²) in [6.07, 6.45) is 2.29. The van der Waals surface area contributed by atoms with Crippen molar-refractivity contribution in [3.63, 3.8) is 0 Å². The van der Waals surface area contributed by atoms with Crippen molar-refractivity contribution < 1.29 is 19.9 Å². The summed E-state index contributed by atoms with van der Waals surface area (Å²) in [5.41, 5.74) is 0. The summed E-state index contributed by atoms with van der Waals surface area (Å²) < 4.78 is 4.47. The Balaban J connectivity index is 2.34. The fourth-order valence-corrected chi connectivity index (χ4v) is 0.343. The Bertz CT molecular complexity index is 19.5. The Kier molecular flexibility index (Phi) is 5.89. The van der Waals surface area contributed by atoms with Crippen LogP contribution < -0.4 is 0 Å². The van der Waals surface area contributed by atoms with Gasteiger partial charge in [0, 0.05) is 0 Å². The number of unbranched alkanes of at least 4 members (excludes halogenated alkanes) is 1. The third-order valence-corrected chi connectivity index (χ3v) is 0.778. The van der Waals surface area contributed by atoms with Gasteiger partial charge in [-0.15, -0.1) is 0 Å². The van der Waals surface area contributed by atoms with E-state index in [4.69, 9.17) is 0 Å². The van der Waals surface area contributed by atoms with E-state index in [-0.39, 0.29) is 0 Å². The molecule has 0 unspecified atom stereocenters. The number of hydrogen-bond acceptors (Lipinski definition) is 1. The van der Waals surface area contributed by atoms with Crippen LogP contribution in [0.4, 0.5) is 0 Å².